The second-order valence-corrected chi connectivity index (χ2v) is 5.21. The number of aromatic nitrogens is 2. The van der Waals surface area contributed by atoms with Crippen molar-refractivity contribution in [1.29, 1.82) is 0 Å². The minimum atomic E-state index is 0.630. The molecule has 0 fully saturated rings. The largest absolute Gasteiger partial charge is 0.509 e. The van der Waals surface area contributed by atoms with Crippen LogP contribution in [0, 0.1) is 13.8 Å². The van der Waals surface area contributed by atoms with Crippen molar-refractivity contribution in [1.82, 2.24) is 4.98 Å². The van der Waals surface area contributed by atoms with E-state index in [4.69, 9.17) is 4.42 Å². The summed E-state index contributed by atoms with van der Waals surface area (Å²) in [7, 11) is 0. The summed E-state index contributed by atoms with van der Waals surface area (Å²) >= 11 is 3.43. The normalized spacial score (nSPS) is 11.1. The topological polar surface area (TPSA) is 30.1 Å². The Balaban J connectivity index is 2.19. The fourth-order valence-electron chi connectivity index (χ4n) is 1.98. The van der Waals surface area contributed by atoms with Gasteiger partial charge in [-0.3, -0.25) is 0 Å². The van der Waals surface area contributed by atoms with Crippen molar-refractivity contribution in [2.45, 2.75) is 13.8 Å². The summed E-state index contributed by atoms with van der Waals surface area (Å²) in [4.78, 5) is 4.39. The van der Waals surface area contributed by atoms with E-state index in [1.807, 2.05) is 54.8 Å². The lowest BCUT2D eigenvalue weighted by Gasteiger charge is -1.93. The van der Waals surface area contributed by atoms with Crippen LogP contribution in [0.15, 0.2) is 45.4 Å². The highest BCUT2D eigenvalue weighted by molar-refractivity contribution is 9.10. The third-order valence-corrected chi connectivity index (χ3v) is 3.38. The van der Waals surface area contributed by atoms with Gasteiger partial charge in [-0.2, -0.15) is 4.40 Å². The van der Waals surface area contributed by atoms with E-state index in [1.165, 1.54) is 0 Å². The lowest BCUT2D eigenvalue weighted by molar-refractivity contribution is -0.524. The van der Waals surface area contributed by atoms with Crippen LogP contribution < -0.4 is 4.40 Å². The Morgan fingerprint density at radius 3 is 2.61 bits per heavy atom. The van der Waals surface area contributed by atoms with E-state index in [1.54, 1.807) is 0 Å². The first kappa shape index (κ1) is 11.4. The lowest BCUT2D eigenvalue weighted by Crippen LogP contribution is -2.23. The van der Waals surface area contributed by atoms with Crippen LogP contribution in [0.1, 0.15) is 11.4 Å². The fraction of sp³-hybridized carbons (Fsp3) is 0.143. The molecule has 2 aromatic heterocycles. The highest BCUT2D eigenvalue weighted by Gasteiger charge is 2.16. The smallest absolute Gasteiger partial charge is 0.384 e. The van der Waals surface area contributed by atoms with Crippen LogP contribution in [0.4, 0.5) is 0 Å². The van der Waals surface area contributed by atoms with Gasteiger partial charge in [0.1, 0.15) is 11.9 Å². The van der Waals surface area contributed by atoms with Gasteiger partial charge in [0.05, 0.1) is 0 Å². The molecule has 4 heteroatoms. The first-order valence-electron chi connectivity index (χ1n) is 5.69. The van der Waals surface area contributed by atoms with E-state index in [0.29, 0.717) is 5.84 Å². The molecule has 0 saturated heterocycles. The lowest BCUT2D eigenvalue weighted by atomic mass is 10.2. The molecule has 1 aromatic carbocycles. The zero-order valence-electron chi connectivity index (χ0n) is 10.1. The van der Waals surface area contributed by atoms with Crippen LogP contribution in [-0.4, -0.2) is 4.98 Å². The van der Waals surface area contributed by atoms with E-state index in [-0.39, 0.29) is 0 Å². The molecule has 0 saturated carbocycles. The molecule has 0 amide bonds. The van der Waals surface area contributed by atoms with Gasteiger partial charge in [-0.05, 0) is 36.2 Å². The maximum atomic E-state index is 5.79. The molecule has 0 unspecified atom stereocenters. The maximum Gasteiger partial charge on any atom is 0.509 e. The summed E-state index contributed by atoms with van der Waals surface area (Å²) in [6.45, 7) is 4.01. The zero-order chi connectivity index (χ0) is 12.7. The van der Waals surface area contributed by atoms with Crippen molar-refractivity contribution in [2.75, 3.05) is 0 Å². The molecule has 2 heterocycles. The van der Waals surface area contributed by atoms with Crippen molar-refractivity contribution in [3.8, 4) is 11.3 Å². The van der Waals surface area contributed by atoms with Gasteiger partial charge in [0.25, 0.3) is 0 Å². The van der Waals surface area contributed by atoms with Gasteiger partial charge in [-0.25, -0.2) is 0 Å². The number of benzene rings is 1. The number of aryl methyl sites for hydroxylation is 2. The van der Waals surface area contributed by atoms with Crippen LogP contribution in [0.3, 0.4) is 0 Å². The first-order valence-corrected chi connectivity index (χ1v) is 6.48. The first-order chi connectivity index (χ1) is 8.63. The number of hydrogen-bond acceptors (Lipinski definition) is 2. The van der Waals surface area contributed by atoms with Gasteiger partial charge in [0.2, 0.25) is 0 Å². The van der Waals surface area contributed by atoms with Gasteiger partial charge >= 0.3 is 5.84 Å². The van der Waals surface area contributed by atoms with Crippen LogP contribution >= 0.6 is 15.9 Å². The van der Waals surface area contributed by atoms with Crippen molar-refractivity contribution >= 4 is 21.8 Å². The molecule has 0 bridgehead atoms. The summed E-state index contributed by atoms with van der Waals surface area (Å²) in [5.74, 6) is 1.45. The Hall–Kier alpha value is -1.68. The molecule has 0 N–H and O–H groups in total. The Morgan fingerprint density at radius 1 is 1.17 bits per heavy atom. The average molecular weight is 304 g/mol. The number of hydrogen-bond donors (Lipinski definition) is 0. The van der Waals surface area contributed by atoms with Crippen molar-refractivity contribution < 1.29 is 8.82 Å². The van der Waals surface area contributed by atoms with Gasteiger partial charge in [-0.1, -0.05) is 15.9 Å². The van der Waals surface area contributed by atoms with Gasteiger partial charge < -0.3 is 4.42 Å². The summed E-state index contributed by atoms with van der Waals surface area (Å²) in [6, 6.07) is 10.1. The molecular weight excluding hydrogens is 292 g/mol. The average Bonchev–Trinajstić information content (AvgIpc) is 2.74. The van der Waals surface area contributed by atoms with Crippen LogP contribution in [-0.2, 0) is 0 Å². The van der Waals surface area contributed by atoms with Gasteiger partial charge in [0, 0.05) is 23.0 Å². The second kappa shape index (κ2) is 4.21. The number of fused-ring (bicyclic) bond motifs is 1. The summed E-state index contributed by atoms with van der Waals surface area (Å²) in [5.41, 5.74) is 3.12. The van der Waals surface area contributed by atoms with Crippen molar-refractivity contribution in [2.24, 2.45) is 0 Å². The molecule has 3 rings (SSSR count). The molecule has 3 aromatic rings. The second-order valence-electron chi connectivity index (χ2n) is 4.29. The van der Waals surface area contributed by atoms with Crippen LogP contribution in [0.25, 0.3) is 17.2 Å². The van der Waals surface area contributed by atoms with Gasteiger partial charge in [-0.15, -0.1) is 0 Å². The number of halogens is 1. The molecule has 0 aliphatic rings. The summed E-state index contributed by atoms with van der Waals surface area (Å²) in [5, 5.41) is 0. The number of oxazole rings is 1. The molecule has 0 aliphatic carbocycles. The van der Waals surface area contributed by atoms with Crippen LogP contribution in [0.5, 0.6) is 0 Å². The third-order valence-electron chi connectivity index (χ3n) is 2.85. The van der Waals surface area contributed by atoms with E-state index >= 15 is 0 Å². The SMILES string of the molecule is Cc1cc(C)[n+]2cc(-c3ccc(Br)cc3)oc2n1. The minimum Gasteiger partial charge on any atom is -0.384 e. The summed E-state index contributed by atoms with van der Waals surface area (Å²) < 4.78 is 8.81. The third kappa shape index (κ3) is 1.93. The number of nitrogens with zero attached hydrogens (tertiary/aromatic N) is 2. The predicted molar refractivity (Wildman–Crippen MR) is 72.3 cm³/mol. The van der Waals surface area contributed by atoms with E-state index in [9.17, 15) is 0 Å². The van der Waals surface area contributed by atoms with Crippen LogP contribution in [0.2, 0.25) is 0 Å². The molecule has 0 aliphatic heterocycles. The van der Waals surface area contributed by atoms with Crippen molar-refractivity contribution in [3.63, 3.8) is 0 Å². The monoisotopic (exact) mass is 303 g/mol. The molecule has 0 atom stereocenters. The zero-order valence-corrected chi connectivity index (χ0v) is 11.7. The molecule has 90 valence electrons. The minimum absolute atomic E-state index is 0.630. The Bertz CT molecular complexity index is 716. The Kier molecular flexibility index (Phi) is 2.67. The molecular formula is C14H12BrN2O+. The Labute approximate surface area is 113 Å². The number of rotatable bonds is 1. The molecule has 3 nitrogen and oxygen atoms in total. The predicted octanol–water partition coefficient (Wildman–Crippen LogP) is 3.46. The standard InChI is InChI=1S/C14H12BrN2O/c1-9-7-10(2)17-8-13(18-14(17)16-9)11-3-5-12(15)6-4-11/h3-8H,1-2H3/q+1. The quantitative estimate of drug-likeness (QED) is 0.645. The summed E-state index contributed by atoms with van der Waals surface area (Å²) in [6.07, 6.45) is 1.97. The Morgan fingerprint density at radius 2 is 1.89 bits per heavy atom. The highest BCUT2D eigenvalue weighted by atomic mass is 79.9. The van der Waals surface area contributed by atoms with E-state index < -0.39 is 0 Å². The van der Waals surface area contributed by atoms with Crippen molar-refractivity contribution in [3.05, 3.63) is 52.4 Å². The highest BCUT2D eigenvalue weighted by Crippen LogP contribution is 2.22. The maximum absolute atomic E-state index is 5.79. The van der Waals surface area contributed by atoms with E-state index in [2.05, 4.69) is 20.9 Å². The molecule has 0 radical (unpaired) electrons. The van der Waals surface area contributed by atoms with E-state index in [0.717, 1.165) is 27.2 Å². The molecule has 0 spiro atoms. The fourth-order valence-corrected chi connectivity index (χ4v) is 2.24. The molecule has 18 heavy (non-hydrogen) atoms. The van der Waals surface area contributed by atoms with Gasteiger partial charge in [0.15, 0.2) is 11.5 Å².